The first-order valence-electron chi connectivity index (χ1n) is 6.06. The molecule has 21 heavy (non-hydrogen) atoms. The Bertz CT molecular complexity index is 734. The minimum absolute atomic E-state index is 0.0146. The lowest BCUT2D eigenvalue weighted by molar-refractivity contribution is -0.385. The molecular weight excluding hydrogens is 312 g/mol. The first-order chi connectivity index (χ1) is 9.88. The fraction of sp³-hybridized carbons (Fsp3) is 0.143. The van der Waals surface area contributed by atoms with Gasteiger partial charge in [-0.3, -0.25) is 14.3 Å². The van der Waals surface area contributed by atoms with Crippen LogP contribution in [0.5, 0.6) is 0 Å². The molecule has 0 bridgehead atoms. The number of anilines is 1. The van der Waals surface area contributed by atoms with Crippen LogP contribution in [0.4, 0.5) is 11.4 Å². The van der Waals surface area contributed by atoms with Crippen molar-refractivity contribution in [3.05, 3.63) is 62.7 Å². The van der Waals surface area contributed by atoms with E-state index in [-0.39, 0.29) is 16.5 Å². The molecule has 0 aliphatic carbocycles. The van der Waals surface area contributed by atoms with Gasteiger partial charge in [0.15, 0.2) is 0 Å². The number of hydrogen-bond acceptors (Lipinski definition) is 4. The summed E-state index contributed by atoms with van der Waals surface area (Å²) < 4.78 is 12.4. The van der Waals surface area contributed by atoms with E-state index in [1.165, 1.54) is 12.1 Å². The van der Waals surface area contributed by atoms with Crippen molar-refractivity contribution >= 4 is 33.8 Å². The molecule has 0 saturated carbocycles. The molecule has 2 aromatic rings. The predicted molar refractivity (Wildman–Crippen MR) is 83.8 cm³/mol. The van der Waals surface area contributed by atoms with Crippen molar-refractivity contribution in [2.24, 2.45) is 0 Å². The number of nitro benzene ring substituents is 1. The number of nitrogens with two attached hydrogens (primary N) is 1. The van der Waals surface area contributed by atoms with Gasteiger partial charge in [0.05, 0.1) is 26.4 Å². The van der Waals surface area contributed by atoms with Gasteiger partial charge in [0, 0.05) is 22.3 Å². The van der Waals surface area contributed by atoms with Crippen LogP contribution in [0.15, 0.2) is 41.3 Å². The molecule has 0 fully saturated rings. The predicted octanol–water partition coefficient (Wildman–Crippen LogP) is 3.45. The molecule has 0 heterocycles. The molecule has 0 radical (unpaired) electrons. The Balaban J connectivity index is 2.34. The minimum Gasteiger partial charge on any atom is -0.398 e. The van der Waals surface area contributed by atoms with E-state index >= 15 is 0 Å². The first-order valence-corrected chi connectivity index (χ1v) is 7.75. The van der Waals surface area contributed by atoms with Crippen LogP contribution in [0.2, 0.25) is 5.02 Å². The van der Waals surface area contributed by atoms with Crippen molar-refractivity contribution in [3.8, 4) is 0 Å². The van der Waals surface area contributed by atoms with E-state index in [1.807, 2.05) is 6.92 Å². The summed E-state index contributed by atoms with van der Waals surface area (Å²) in [5.74, 6) is 0.0146. The average molecular weight is 325 g/mol. The SMILES string of the molecule is Cc1ccc(S(=O)Cc2ccc(Cl)cc2[N+](=O)[O-])c(N)c1. The highest BCUT2D eigenvalue weighted by molar-refractivity contribution is 7.84. The highest BCUT2D eigenvalue weighted by Gasteiger charge is 2.18. The smallest absolute Gasteiger partial charge is 0.275 e. The topological polar surface area (TPSA) is 86.2 Å². The summed E-state index contributed by atoms with van der Waals surface area (Å²) in [6.07, 6.45) is 0. The van der Waals surface area contributed by atoms with E-state index in [0.29, 0.717) is 16.1 Å². The molecule has 0 spiro atoms. The van der Waals surface area contributed by atoms with E-state index in [0.717, 1.165) is 5.56 Å². The van der Waals surface area contributed by atoms with Crippen molar-refractivity contribution in [1.29, 1.82) is 0 Å². The first kappa shape index (κ1) is 15.5. The number of aryl methyl sites for hydroxylation is 1. The Morgan fingerprint density at radius 2 is 2.00 bits per heavy atom. The number of nitrogen functional groups attached to an aromatic ring is 1. The van der Waals surface area contributed by atoms with Crippen molar-refractivity contribution in [3.63, 3.8) is 0 Å². The van der Waals surface area contributed by atoms with Crippen LogP contribution in [-0.2, 0) is 16.6 Å². The highest BCUT2D eigenvalue weighted by atomic mass is 35.5. The van der Waals surface area contributed by atoms with Crippen molar-refractivity contribution < 1.29 is 9.13 Å². The van der Waals surface area contributed by atoms with Gasteiger partial charge in [-0.1, -0.05) is 17.7 Å². The zero-order valence-electron chi connectivity index (χ0n) is 11.2. The molecular formula is C14H13ClN2O3S. The number of halogens is 1. The Labute approximate surface area is 129 Å². The molecule has 2 aromatic carbocycles. The van der Waals surface area contributed by atoms with Gasteiger partial charge in [0.1, 0.15) is 0 Å². The van der Waals surface area contributed by atoms with Gasteiger partial charge in [-0.2, -0.15) is 0 Å². The number of hydrogen-bond donors (Lipinski definition) is 1. The van der Waals surface area contributed by atoms with E-state index in [2.05, 4.69) is 0 Å². The summed E-state index contributed by atoms with van der Waals surface area (Å²) in [6.45, 7) is 1.88. The lowest BCUT2D eigenvalue weighted by Gasteiger charge is -2.07. The van der Waals surface area contributed by atoms with E-state index in [1.54, 1.807) is 24.3 Å². The van der Waals surface area contributed by atoms with Crippen LogP contribution in [-0.4, -0.2) is 9.13 Å². The van der Waals surface area contributed by atoms with Crippen molar-refractivity contribution in [2.75, 3.05) is 5.73 Å². The Hall–Kier alpha value is -1.92. The minimum atomic E-state index is -1.46. The molecule has 0 aromatic heterocycles. The molecule has 2 N–H and O–H groups in total. The summed E-state index contributed by atoms with van der Waals surface area (Å²) in [7, 11) is -1.46. The molecule has 0 saturated heterocycles. The number of nitrogens with zero attached hydrogens (tertiary/aromatic N) is 1. The van der Waals surface area contributed by atoms with Gasteiger partial charge in [-0.15, -0.1) is 0 Å². The third kappa shape index (κ3) is 3.59. The molecule has 0 aliphatic rings. The summed E-state index contributed by atoms with van der Waals surface area (Å²) in [6, 6.07) is 9.53. The van der Waals surface area contributed by atoms with E-state index in [9.17, 15) is 14.3 Å². The second kappa shape index (κ2) is 6.24. The molecule has 7 heteroatoms. The van der Waals surface area contributed by atoms with Crippen molar-refractivity contribution in [2.45, 2.75) is 17.6 Å². The van der Waals surface area contributed by atoms with Crippen LogP contribution in [0.25, 0.3) is 0 Å². The fourth-order valence-corrected chi connectivity index (χ4v) is 3.31. The largest absolute Gasteiger partial charge is 0.398 e. The molecule has 1 unspecified atom stereocenters. The maximum atomic E-state index is 12.4. The van der Waals surface area contributed by atoms with Gasteiger partial charge in [0.25, 0.3) is 5.69 Å². The second-order valence-electron chi connectivity index (χ2n) is 4.56. The molecule has 2 rings (SSSR count). The van der Waals surface area contributed by atoms with Crippen LogP contribution in [0, 0.1) is 17.0 Å². The number of rotatable bonds is 4. The van der Waals surface area contributed by atoms with Crippen LogP contribution in [0.1, 0.15) is 11.1 Å². The molecule has 0 aliphatic heterocycles. The third-order valence-electron chi connectivity index (χ3n) is 2.94. The van der Waals surface area contributed by atoms with Crippen LogP contribution < -0.4 is 5.73 Å². The highest BCUT2D eigenvalue weighted by Crippen LogP contribution is 2.27. The lowest BCUT2D eigenvalue weighted by atomic mass is 10.2. The quantitative estimate of drug-likeness (QED) is 0.530. The summed E-state index contributed by atoms with van der Waals surface area (Å²) in [5.41, 5.74) is 7.46. The molecule has 5 nitrogen and oxygen atoms in total. The summed E-state index contributed by atoms with van der Waals surface area (Å²) in [5, 5.41) is 11.3. The monoisotopic (exact) mass is 324 g/mol. The molecule has 0 amide bonds. The van der Waals surface area contributed by atoms with Crippen LogP contribution >= 0.6 is 11.6 Å². The van der Waals surface area contributed by atoms with Gasteiger partial charge < -0.3 is 5.73 Å². The zero-order chi connectivity index (χ0) is 15.6. The zero-order valence-corrected chi connectivity index (χ0v) is 12.8. The molecule has 110 valence electrons. The third-order valence-corrected chi connectivity index (χ3v) is 4.61. The average Bonchev–Trinajstić information content (AvgIpc) is 2.40. The van der Waals surface area contributed by atoms with E-state index < -0.39 is 15.7 Å². The Morgan fingerprint density at radius 3 is 2.62 bits per heavy atom. The number of benzene rings is 2. The van der Waals surface area contributed by atoms with Gasteiger partial charge >= 0.3 is 0 Å². The van der Waals surface area contributed by atoms with Gasteiger partial charge in [0.2, 0.25) is 0 Å². The van der Waals surface area contributed by atoms with E-state index in [4.69, 9.17) is 17.3 Å². The normalized spacial score (nSPS) is 12.1. The molecule has 1 atom stereocenters. The standard InChI is InChI=1S/C14H13ClN2O3S/c1-9-2-5-14(12(16)6-9)21(20)8-10-3-4-11(15)7-13(10)17(18)19/h2-7H,8,16H2,1H3. The maximum absolute atomic E-state index is 12.4. The van der Waals surface area contributed by atoms with Crippen molar-refractivity contribution in [1.82, 2.24) is 0 Å². The Morgan fingerprint density at radius 1 is 1.29 bits per heavy atom. The second-order valence-corrected chi connectivity index (χ2v) is 6.42. The van der Waals surface area contributed by atoms with Gasteiger partial charge in [-0.25, -0.2) is 0 Å². The summed E-state index contributed by atoms with van der Waals surface area (Å²) in [4.78, 5) is 11.0. The lowest BCUT2D eigenvalue weighted by Crippen LogP contribution is -2.03. The number of nitro groups is 1. The summed E-state index contributed by atoms with van der Waals surface area (Å²) >= 11 is 5.76. The van der Waals surface area contributed by atoms with Crippen LogP contribution in [0.3, 0.4) is 0 Å². The maximum Gasteiger partial charge on any atom is 0.275 e. The Kier molecular flexibility index (Phi) is 4.59. The fourth-order valence-electron chi connectivity index (χ4n) is 1.92. The van der Waals surface area contributed by atoms with Gasteiger partial charge in [-0.05, 0) is 36.8 Å².